The van der Waals surface area contributed by atoms with Crippen molar-refractivity contribution in [3.05, 3.63) is 125 Å². The summed E-state index contributed by atoms with van der Waals surface area (Å²) < 4.78 is 11.8. The summed E-state index contributed by atoms with van der Waals surface area (Å²) >= 11 is 6.10. The molecular weight excluding hydrogens is 411 g/mol. The largest absolute Gasteiger partial charge is 0.457 e. The quantitative estimate of drug-likeness (QED) is 0.392. The van der Waals surface area contributed by atoms with E-state index in [1.54, 1.807) is 6.07 Å². The van der Waals surface area contributed by atoms with Crippen LogP contribution in [0.25, 0.3) is 0 Å². The molecule has 5 heteroatoms. The zero-order chi connectivity index (χ0) is 20.8. The highest BCUT2D eigenvalue weighted by Crippen LogP contribution is 2.45. The van der Waals surface area contributed by atoms with Crippen LogP contribution in [0.4, 0.5) is 0 Å². The van der Waals surface area contributed by atoms with E-state index in [9.17, 15) is 4.79 Å². The first kappa shape index (κ1) is 20.3. The third kappa shape index (κ3) is 4.79. The highest BCUT2D eigenvalue weighted by Gasteiger charge is 2.25. The van der Waals surface area contributed by atoms with Crippen molar-refractivity contribution < 1.29 is 8.94 Å². The average Bonchev–Trinajstić information content (AvgIpc) is 2.79. The third-order valence-electron chi connectivity index (χ3n) is 4.72. The van der Waals surface area contributed by atoms with E-state index in [2.05, 4.69) is 12.1 Å². The Morgan fingerprint density at radius 2 is 1.27 bits per heavy atom. The highest BCUT2D eigenvalue weighted by molar-refractivity contribution is 8.19. The third-order valence-corrected chi connectivity index (χ3v) is 8.64. The van der Waals surface area contributed by atoms with E-state index >= 15 is 0 Å². The van der Waals surface area contributed by atoms with Crippen molar-refractivity contribution in [3.63, 3.8) is 0 Å². The maximum atomic E-state index is 12.2. The molecular formula is C25H21O3PS. The van der Waals surface area contributed by atoms with Gasteiger partial charge in [0.05, 0.1) is 6.07 Å². The summed E-state index contributed by atoms with van der Waals surface area (Å²) in [5, 5.41) is 1.87. The van der Waals surface area contributed by atoms with Crippen LogP contribution in [0.5, 0.6) is 5.75 Å². The zero-order valence-corrected chi connectivity index (χ0v) is 18.0. The van der Waals surface area contributed by atoms with Crippen molar-refractivity contribution in [1.82, 2.24) is 0 Å². The second-order valence-electron chi connectivity index (χ2n) is 6.88. The van der Waals surface area contributed by atoms with Gasteiger partial charge in [-0.3, -0.25) is 0 Å². The molecule has 0 N–H and O–H groups in total. The molecule has 30 heavy (non-hydrogen) atoms. The summed E-state index contributed by atoms with van der Waals surface area (Å²) in [4.78, 5) is 12.2. The minimum atomic E-state index is -2.61. The Hall–Kier alpha value is -2.94. The van der Waals surface area contributed by atoms with Crippen LogP contribution >= 0.6 is 6.26 Å². The normalized spacial score (nSPS) is 11.2. The van der Waals surface area contributed by atoms with Crippen LogP contribution in [-0.4, -0.2) is 0 Å². The molecule has 0 aliphatic carbocycles. The van der Waals surface area contributed by atoms with Crippen LogP contribution in [-0.2, 0) is 24.6 Å². The minimum absolute atomic E-state index is 0.432. The maximum absolute atomic E-state index is 12.2. The summed E-state index contributed by atoms with van der Waals surface area (Å²) in [6.07, 6.45) is -1.23. The number of hydrogen-bond acceptors (Lipinski definition) is 4. The Bertz CT molecular complexity index is 1160. The molecule has 1 heterocycles. The molecule has 4 rings (SSSR count). The zero-order valence-electron chi connectivity index (χ0n) is 16.3. The van der Waals surface area contributed by atoms with Crippen molar-refractivity contribution in [2.24, 2.45) is 0 Å². The van der Waals surface area contributed by atoms with E-state index in [-0.39, 0.29) is 0 Å². The molecule has 0 radical (unpaired) electrons. The van der Waals surface area contributed by atoms with Gasteiger partial charge in [0.2, 0.25) is 0 Å². The van der Waals surface area contributed by atoms with E-state index in [4.69, 9.17) is 20.7 Å². The molecule has 4 aromatic rings. The Morgan fingerprint density at radius 3 is 1.83 bits per heavy atom. The van der Waals surface area contributed by atoms with Gasteiger partial charge in [0.1, 0.15) is 11.5 Å². The molecule has 0 saturated carbocycles. The molecule has 1 aromatic heterocycles. The number of rotatable bonds is 7. The van der Waals surface area contributed by atoms with Gasteiger partial charge in [0.15, 0.2) is 6.26 Å². The van der Waals surface area contributed by atoms with Crippen LogP contribution in [0.2, 0.25) is 0 Å². The van der Waals surface area contributed by atoms with Gasteiger partial charge in [0.25, 0.3) is 0 Å². The number of benzene rings is 3. The summed E-state index contributed by atoms with van der Waals surface area (Å²) in [6.45, 7) is 0. The fourth-order valence-electron chi connectivity index (χ4n) is 3.24. The smallest absolute Gasteiger partial charge is 0.339 e. The standard InChI is InChI=1S/C25H21O3PS/c26-25-19-22(18-21(27-25)17-16-20-10-4-1-5-11-20)28-29(30,23-12-6-2-7-13-23)24-14-8-3-9-15-24/h1-15,18-19H,16-17H2. The lowest BCUT2D eigenvalue weighted by Crippen LogP contribution is -2.20. The van der Waals surface area contributed by atoms with Crippen molar-refractivity contribution in [2.45, 2.75) is 12.8 Å². The molecule has 0 aliphatic rings. The van der Waals surface area contributed by atoms with Crippen molar-refractivity contribution in [3.8, 4) is 5.75 Å². The van der Waals surface area contributed by atoms with Gasteiger partial charge in [-0.1, -0.05) is 91.0 Å². The topological polar surface area (TPSA) is 39.4 Å². The molecule has 0 amide bonds. The molecule has 3 nitrogen and oxygen atoms in total. The van der Waals surface area contributed by atoms with Crippen LogP contribution in [0.15, 0.2) is 112 Å². The fraction of sp³-hybridized carbons (Fsp3) is 0.0800. The molecule has 0 saturated heterocycles. The van der Waals surface area contributed by atoms with Crippen LogP contribution in [0.3, 0.4) is 0 Å². The van der Waals surface area contributed by atoms with Gasteiger partial charge in [-0.2, -0.15) is 0 Å². The lowest BCUT2D eigenvalue weighted by Gasteiger charge is -2.24. The lowest BCUT2D eigenvalue weighted by molar-refractivity contribution is 0.449. The first-order chi connectivity index (χ1) is 14.6. The second kappa shape index (κ2) is 9.25. The van der Waals surface area contributed by atoms with Gasteiger partial charge in [0, 0.05) is 23.1 Å². The Balaban J connectivity index is 1.66. The Kier molecular flexibility index (Phi) is 6.27. The first-order valence-electron chi connectivity index (χ1n) is 9.72. The molecule has 0 atom stereocenters. The Morgan fingerprint density at radius 1 is 0.733 bits per heavy atom. The number of aryl methyl sites for hydroxylation is 2. The van der Waals surface area contributed by atoms with Crippen molar-refractivity contribution in [2.75, 3.05) is 0 Å². The summed E-state index contributed by atoms with van der Waals surface area (Å²) in [5.74, 6) is 1.04. The van der Waals surface area contributed by atoms with Gasteiger partial charge in [-0.05, 0) is 23.8 Å². The summed E-state index contributed by atoms with van der Waals surface area (Å²) in [7, 11) is 0. The predicted octanol–water partition coefficient (Wildman–Crippen LogP) is 4.85. The lowest BCUT2D eigenvalue weighted by atomic mass is 10.1. The number of hydrogen-bond donors (Lipinski definition) is 0. The SMILES string of the molecule is O=c1cc(OP(=S)(c2ccccc2)c2ccccc2)cc(CCc2ccccc2)o1. The van der Waals surface area contributed by atoms with E-state index in [1.165, 1.54) is 11.6 Å². The second-order valence-corrected chi connectivity index (χ2v) is 10.7. The van der Waals surface area contributed by atoms with Crippen LogP contribution in [0.1, 0.15) is 11.3 Å². The van der Waals surface area contributed by atoms with Gasteiger partial charge in [-0.15, -0.1) is 0 Å². The average molecular weight is 432 g/mol. The highest BCUT2D eigenvalue weighted by atomic mass is 32.4. The van der Waals surface area contributed by atoms with E-state index in [0.29, 0.717) is 17.9 Å². The van der Waals surface area contributed by atoms with Crippen molar-refractivity contribution >= 4 is 28.7 Å². The summed E-state index contributed by atoms with van der Waals surface area (Å²) in [6, 6.07) is 32.9. The Labute approximate surface area is 181 Å². The van der Waals surface area contributed by atoms with Gasteiger partial charge < -0.3 is 8.94 Å². The molecule has 0 unspecified atom stereocenters. The molecule has 150 valence electrons. The van der Waals surface area contributed by atoms with E-state index in [0.717, 1.165) is 17.0 Å². The summed E-state index contributed by atoms with van der Waals surface area (Å²) in [5.41, 5.74) is 0.753. The van der Waals surface area contributed by atoms with Gasteiger partial charge in [-0.25, -0.2) is 4.79 Å². The fourth-order valence-corrected chi connectivity index (χ4v) is 6.27. The van der Waals surface area contributed by atoms with Crippen molar-refractivity contribution in [1.29, 1.82) is 0 Å². The van der Waals surface area contributed by atoms with Gasteiger partial charge >= 0.3 is 5.63 Å². The van der Waals surface area contributed by atoms with Crippen LogP contribution < -0.4 is 20.8 Å². The molecule has 0 spiro atoms. The first-order valence-corrected chi connectivity index (χ1v) is 12.4. The molecule has 0 aliphatic heterocycles. The minimum Gasteiger partial charge on any atom is -0.457 e. The monoisotopic (exact) mass is 432 g/mol. The predicted molar refractivity (Wildman–Crippen MR) is 126 cm³/mol. The van der Waals surface area contributed by atoms with Crippen LogP contribution in [0, 0.1) is 0 Å². The maximum Gasteiger partial charge on any atom is 0.339 e. The van der Waals surface area contributed by atoms with E-state index < -0.39 is 11.9 Å². The molecule has 0 bridgehead atoms. The molecule has 3 aromatic carbocycles. The van der Waals surface area contributed by atoms with E-state index in [1.807, 2.05) is 78.9 Å². The molecule has 0 fully saturated rings.